The summed E-state index contributed by atoms with van der Waals surface area (Å²) in [6.45, 7) is 5.69. The first-order chi connectivity index (χ1) is 9.15. The molecule has 0 fully saturated rings. The molecule has 1 aromatic heterocycles. The molecule has 0 aliphatic heterocycles. The number of nitrogens with zero attached hydrogens (tertiary/aromatic N) is 1. The average Bonchev–Trinajstić information content (AvgIpc) is 2.78. The van der Waals surface area contributed by atoms with Crippen LogP contribution in [0.4, 0.5) is 0 Å². The number of guanidine groups is 1. The molecule has 0 saturated carbocycles. The van der Waals surface area contributed by atoms with Gasteiger partial charge in [-0.2, -0.15) is 0 Å². The maximum atomic E-state index is 5.80. The lowest BCUT2D eigenvalue weighted by molar-refractivity contribution is 0.550. The summed E-state index contributed by atoms with van der Waals surface area (Å²) in [6.07, 6.45) is 1.08. The molecule has 0 saturated heterocycles. The Balaban J connectivity index is 1.90. The summed E-state index contributed by atoms with van der Waals surface area (Å²) in [4.78, 5) is 4.28. The van der Waals surface area contributed by atoms with Gasteiger partial charge >= 0.3 is 0 Å². The Kier molecular flexibility index (Phi) is 4.44. The summed E-state index contributed by atoms with van der Waals surface area (Å²) < 4.78 is 5.67. The van der Waals surface area contributed by atoms with Crippen molar-refractivity contribution in [2.45, 2.75) is 26.8 Å². The zero-order chi connectivity index (χ0) is 13.7. The third-order valence-electron chi connectivity index (χ3n) is 2.91. The van der Waals surface area contributed by atoms with Crippen molar-refractivity contribution in [3.8, 4) is 0 Å². The van der Waals surface area contributed by atoms with Gasteiger partial charge in [0.05, 0.1) is 0 Å². The quantitative estimate of drug-likeness (QED) is 0.641. The SMILES string of the molecule is CC(C)CCNC(N)=NCc1cc2ccccc2o1. The Labute approximate surface area is 113 Å². The van der Waals surface area contributed by atoms with Gasteiger partial charge in [0.1, 0.15) is 17.9 Å². The van der Waals surface area contributed by atoms with Crippen LogP contribution in [0.5, 0.6) is 0 Å². The van der Waals surface area contributed by atoms with Gasteiger partial charge in [-0.15, -0.1) is 0 Å². The lowest BCUT2D eigenvalue weighted by Crippen LogP contribution is -2.32. The fraction of sp³-hybridized carbons (Fsp3) is 0.400. The van der Waals surface area contributed by atoms with Crippen molar-refractivity contribution in [1.29, 1.82) is 0 Å². The molecule has 1 heterocycles. The van der Waals surface area contributed by atoms with Crippen molar-refractivity contribution in [3.05, 3.63) is 36.1 Å². The Bertz CT molecular complexity index is 524. The van der Waals surface area contributed by atoms with Crippen molar-refractivity contribution < 1.29 is 4.42 Å². The van der Waals surface area contributed by atoms with Crippen molar-refractivity contribution in [1.82, 2.24) is 5.32 Å². The van der Waals surface area contributed by atoms with Crippen LogP contribution in [0.15, 0.2) is 39.7 Å². The molecule has 1 aromatic carbocycles. The Morgan fingerprint density at radius 1 is 1.37 bits per heavy atom. The minimum Gasteiger partial charge on any atom is -0.459 e. The normalized spacial score (nSPS) is 12.3. The Morgan fingerprint density at radius 2 is 2.16 bits per heavy atom. The second kappa shape index (κ2) is 6.27. The summed E-state index contributed by atoms with van der Waals surface area (Å²) in [5, 5.41) is 4.20. The van der Waals surface area contributed by atoms with Crippen LogP contribution in [0, 0.1) is 5.92 Å². The molecule has 102 valence electrons. The molecule has 0 aliphatic carbocycles. The number of hydrogen-bond donors (Lipinski definition) is 2. The van der Waals surface area contributed by atoms with Crippen LogP contribution in [0.3, 0.4) is 0 Å². The van der Waals surface area contributed by atoms with Crippen molar-refractivity contribution in [2.75, 3.05) is 6.54 Å². The van der Waals surface area contributed by atoms with E-state index in [1.807, 2.05) is 30.3 Å². The first-order valence-corrected chi connectivity index (χ1v) is 6.66. The van der Waals surface area contributed by atoms with Gasteiger partial charge in [-0.05, 0) is 24.5 Å². The molecular weight excluding hydrogens is 238 g/mol. The third-order valence-corrected chi connectivity index (χ3v) is 2.91. The number of rotatable bonds is 5. The number of nitrogens with one attached hydrogen (secondary N) is 1. The van der Waals surface area contributed by atoms with E-state index in [4.69, 9.17) is 10.2 Å². The third kappa shape index (κ3) is 4.02. The zero-order valence-electron chi connectivity index (χ0n) is 11.5. The van der Waals surface area contributed by atoms with Crippen molar-refractivity contribution in [2.24, 2.45) is 16.6 Å². The van der Waals surface area contributed by atoms with E-state index in [-0.39, 0.29) is 0 Å². The summed E-state index contributed by atoms with van der Waals surface area (Å²) in [5.41, 5.74) is 6.69. The van der Waals surface area contributed by atoms with E-state index in [1.54, 1.807) is 0 Å². The van der Waals surface area contributed by atoms with E-state index in [1.165, 1.54) is 0 Å². The lowest BCUT2D eigenvalue weighted by atomic mass is 10.1. The molecule has 4 heteroatoms. The van der Waals surface area contributed by atoms with Gasteiger partial charge < -0.3 is 15.5 Å². The highest BCUT2D eigenvalue weighted by Crippen LogP contribution is 2.19. The summed E-state index contributed by atoms with van der Waals surface area (Å²) in [5.74, 6) is 1.96. The number of para-hydroxylation sites is 1. The summed E-state index contributed by atoms with van der Waals surface area (Å²) >= 11 is 0. The van der Waals surface area contributed by atoms with Crippen molar-refractivity contribution in [3.63, 3.8) is 0 Å². The molecule has 2 aromatic rings. The standard InChI is InChI=1S/C15H21N3O/c1-11(2)7-8-17-15(16)18-10-13-9-12-5-3-4-6-14(12)19-13/h3-6,9,11H,7-8,10H2,1-2H3,(H3,16,17,18). The van der Waals surface area contributed by atoms with Gasteiger partial charge in [-0.25, -0.2) is 4.99 Å². The first-order valence-electron chi connectivity index (χ1n) is 6.66. The maximum absolute atomic E-state index is 5.80. The summed E-state index contributed by atoms with van der Waals surface area (Å²) in [7, 11) is 0. The Morgan fingerprint density at radius 3 is 2.89 bits per heavy atom. The predicted molar refractivity (Wildman–Crippen MR) is 79.0 cm³/mol. The second-order valence-corrected chi connectivity index (χ2v) is 5.06. The number of furan rings is 1. The molecule has 2 rings (SSSR count). The van der Waals surface area contributed by atoms with E-state index in [9.17, 15) is 0 Å². The molecule has 0 spiro atoms. The Hall–Kier alpha value is -1.97. The number of hydrogen-bond acceptors (Lipinski definition) is 2. The van der Waals surface area contributed by atoms with Crippen LogP contribution in [0.2, 0.25) is 0 Å². The van der Waals surface area contributed by atoms with Crippen LogP contribution in [0.25, 0.3) is 11.0 Å². The minimum absolute atomic E-state index is 0.467. The maximum Gasteiger partial charge on any atom is 0.189 e. The number of fused-ring (bicyclic) bond motifs is 1. The van der Waals surface area contributed by atoms with Gasteiger partial charge in [-0.3, -0.25) is 0 Å². The highest BCUT2D eigenvalue weighted by Gasteiger charge is 2.02. The molecular formula is C15H21N3O. The highest BCUT2D eigenvalue weighted by molar-refractivity contribution is 5.79. The van der Waals surface area contributed by atoms with Gasteiger partial charge in [0, 0.05) is 11.9 Å². The number of nitrogens with two attached hydrogens (primary N) is 1. The fourth-order valence-electron chi connectivity index (χ4n) is 1.82. The molecule has 0 atom stereocenters. The molecule has 3 N–H and O–H groups in total. The number of benzene rings is 1. The lowest BCUT2D eigenvalue weighted by Gasteiger charge is -2.06. The van der Waals surface area contributed by atoms with Crippen LogP contribution in [-0.2, 0) is 6.54 Å². The second-order valence-electron chi connectivity index (χ2n) is 5.06. The first kappa shape index (κ1) is 13.5. The topological polar surface area (TPSA) is 63.5 Å². The van der Waals surface area contributed by atoms with Crippen LogP contribution >= 0.6 is 0 Å². The molecule has 4 nitrogen and oxygen atoms in total. The van der Waals surface area contributed by atoms with E-state index in [0.29, 0.717) is 18.4 Å². The van der Waals surface area contributed by atoms with Gasteiger partial charge in [-0.1, -0.05) is 32.0 Å². The number of aliphatic imine (C=N–C) groups is 1. The molecule has 19 heavy (non-hydrogen) atoms. The predicted octanol–water partition coefficient (Wildman–Crippen LogP) is 2.88. The average molecular weight is 259 g/mol. The zero-order valence-corrected chi connectivity index (χ0v) is 11.5. The van der Waals surface area contributed by atoms with E-state index < -0.39 is 0 Å². The monoisotopic (exact) mass is 259 g/mol. The molecule has 0 radical (unpaired) electrons. The van der Waals surface area contributed by atoms with Crippen LogP contribution < -0.4 is 11.1 Å². The van der Waals surface area contributed by atoms with Gasteiger partial charge in [0.15, 0.2) is 5.96 Å². The molecule has 0 aliphatic rings. The fourth-order valence-corrected chi connectivity index (χ4v) is 1.82. The highest BCUT2D eigenvalue weighted by atomic mass is 16.3. The molecule has 0 unspecified atom stereocenters. The molecule has 0 bridgehead atoms. The van der Waals surface area contributed by atoms with Crippen LogP contribution in [0.1, 0.15) is 26.0 Å². The summed E-state index contributed by atoms with van der Waals surface area (Å²) in [6, 6.07) is 9.93. The van der Waals surface area contributed by atoms with Crippen LogP contribution in [-0.4, -0.2) is 12.5 Å². The van der Waals surface area contributed by atoms with E-state index in [0.717, 1.165) is 29.7 Å². The van der Waals surface area contributed by atoms with E-state index in [2.05, 4.69) is 24.2 Å². The van der Waals surface area contributed by atoms with Crippen molar-refractivity contribution >= 4 is 16.9 Å². The smallest absolute Gasteiger partial charge is 0.189 e. The van der Waals surface area contributed by atoms with Gasteiger partial charge in [0.25, 0.3) is 0 Å². The largest absolute Gasteiger partial charge is 0.459 e. The molecule has 0 amide bonds. The van der Waals surface area contributed by atoms with Gasteiger partial charge in [0.2, 0.25) is 0 Å². The van der Waals surface area contributed by atoms with E-state index >= 15 is 0 Å². The minimum atomic E-state index is 0.467.